The highest BCUT2D eigenvalue weighted by Gasteiger charge is 2.12. The molecule has 2 aromatic rings. The number of benzene rings is 1. The second-order valence-corrected chi connectivity index (χ2v) is 4.95. The van der Waals surface area contributed by atoms with E-state index in [1.54, 1.807) is 18.2 Å². The van der Waals surface area contributed by atoms with E-state index < -0.39 is 0 Å². The quantitative estimate of drug-likeness (QED) is 0.815. The average molecular weight is 265 g/mol. The Morgan fingerprint density at radius 1 is 1.20 bits per heavy atom. The minimum absolute atomic E-state index is 0.519. The number of aromatic nitrogens is 2. The SMILES string of the molecule is N#Cc1cc(N)cc(Nc2ncc3c(n2)CCCC3)c1. The number of fused-ring (bicyclic) bond motifs is 1. The molecule has 3 rings (SSSR count). The topological polar surface area (TPSA) is 87.6 Å². The molecule has 0 atom stereocenters. The Morgan fingerprint density at radius 3 is 2.90 bits per heavy atom. The molecule has 0 saturated heterocycles. The molecule has 100 valence electrons. The van der Waals surface area contributed by atoms with Gasteiger partial charge in [-0.2, -0.15) is 5.26 Å². The fourth-order valence-corrected chi connectivity index (χ4v) is 2.45. The summed E-state index contributed by atoms with van der Waals surface area (Å²) in [4.78, 5) is 8.87. The van der Waals surface area contributed by atoms with Crippen LogP contribution in [0.5, 0.6) is 0 Å². The van der Waals surface area contributed by atoms with Gasteiger partial charge in [0, 0.05) is 23.3 Å². The summed E-state index contributed by atoms with van der Waals surface area (Å²) in [5.74, 6) is 0.556. The first-order valence-corrected chi connectivity index (χ1v) is 6.67. The van der Waals surface area contributed by atoms with Crippen molar-refractivity contribution in [2.75, 3.05) is 11.1 Å². The van der Waals surface area contributed by atoms with Crippen LogP contribution in [0, 0.1) is 11.3 Å². The Bertz CT molecular complexity index is 687. The molecule has 0 aliphatic heterocycles. The molecular weight excluding hydrogens is 250 g/mol. The van der Waals surface area contributed by atoms with E-state index in [0.29, 0.717) is 17.2 Å². The summed E-state index contributed by atoms with van der Waals surface area (Å²) in [5.41, 5.74) is 9.93. The number of hydrogen-bond donors (Lipinski definition) is 2. The first-order valence-electron chi connectivity index (χ1n) is 6.67. The molecule has 1 heterocycles. The molecule has 0 amide bonds. The maximum atomic E-state index is 8.95. The van der Waals surface area contributed by atoms with Crippen LogP contribution in [-0.4, -0.2) is 9.97 Å². The molecule has 5 heteroatoms. The molecule has 0 saturated carbocycles. The highest BCUT2D eigenvalue weighted by Crippen LogP contribution is 2.22. The summed E-state index contributed by atoms with van der Waals surface area (Å²) < 4.78 is 0. The van der Waals surface area contributed by atoms with Crippen LogP contribution in [-0.2, 0) is 12.8 Å². The van der Waals surface area contributed by atoms with Gasteiger partial charge in [0.05, 0.1) is 11.6 Å². The van der Waals surface area contributed by atoms with Crippen LogP contribution in [0.25, 0.3) is 0 Å². The molecule has 0 spiro atoms. The lowest BCUT2D eigenvalue weighted by molar-refractivity contribution is 0.663. The van der Waals surface area contributed by atoms with Crippen LogP contribution in [0.3, 0.4) is 0 Å². The average Bonchev–Trinajstić information content (AvgIpc) is 2.46. The fourth-order valence-electron chi connectivity index (χ4n) is 2.45. The molecule has 0 unspecified atom stereocenters. The van der Waals surface area contributed by atoms with Crippen molar-refractivity contribution in [1.82, 2.24) is 9.97 Å². The van der Waals surface area contributed by atoms with Crippen LogP contribution < -0.4 is 11.1 Å². The maximum Gasteiger partial charge on any atom is 0.227 e. The third-order valence-corrected chi connectivity index (χ3v) is 3.40. The van der Waals surface area contributed by atoms with Gasteiger partial charge in [-0.15, -0.1) is 0 Å². The lowest BCUT2D eigenvalue weighted by Gasteiger charge is -2.15. The van der Waals surface area contributed by atoms with Crippen LogP contribution in [0.2, 0.25) is 0 Å². The fraction of sp³-hybridized carbons (Fsp3) is 0.267. The summed E-state index contributed by atoms with van der Waals surface area (Å²) in [7, 11) is 0. The Kier molecular flexibility index (Phi) is 3.21. The molecule has 20 heavy (non-hydrogen) atoms. The molecule has 3 N–H and O–H groups in total. The zero-order valence-electron chi connectivity index (χ0n) is 11.1. The summed E-state index contributed by atoms with van der Waals surface area (Å²) in [6, 6.07) is 7.22. The first-order chi connectivity index (χ1) is 9.74. The van der Waals surface area contributed by atoms with Gasteiger partial charge in [0.2, 0.25) is 5.95 Å². The summed E-state index contributed by atoms with van der Waals surface area (Å²) >= 11 is 0. The highest BCUT2D eigenvalue weighted by molar-refractivity contribution is 5.63. The van der Waals surface area contributed by atoms with E-state index in [2.05, 4.69) is 21.4 Å². The number of nitrogen functional groups attached to an aromatic ring is 1. The summed E-state index contributed by atoms with van der Waals surface area (Å²) in [6.07, 6.45) is 6.35. The Morgan fingerprint density at radius 2 is 2.05 bits per heavy atom. The van der Waals surface area contributed by atoms with Crippen molar-refractivity contribution < 1.29 is 0 Å². The van der Waals surface area contributed by atoms with Gasteiger partial charge in [0.1, 0.15) is 0 Å². The molecule has 0 fully saturated rings. The van der Waals surface area contributed by atoms with Crippen molar-refractivity contribution in [3.8, 4) is 6.07 Å². The van der Waals surface area contributed by atoms with E-state index in [1.165, 1.54) is 18.4 Å². The van der Waals surface area contributed by atoms with Gasteiger partial charge >= 0.3 is 0 Å². The summed E-state index contributed by atoms with van der Waals surface area (Å²) in [6.45, 7) is 0. The Labute approximate surface area is 117 Å². The molecule has 0 radical (unpaired) electrons. The van der Waals surface area contributed by atoms with Crippen molar-refractivity contribution in [3.63, 3.8) is 0 Å². The normalized spacial score (nSPS) is 13.3. The molecular formula is C15H15N5. The van der Waals surface area contributed by atoms with E-state index in [4.69, 9.17) is 11.0 Å². The van der Waals surface area contributed by atoms with Gasteiger partial charge in [0.15, 0.2) is 0 Å². The molecule has 1 aromatic heterocycles. The van der Waals surface area contributed by atoms with Crippen LogP contribution >= 0.6 is 0 Å². The van der Waals surface area contributed by atoms with Crippen LogP contribution in [0.15, 0.2) is 24.4 Å². The monoisotopic (exact) mass is 265 g/mol. The molecule has 1 aliphatic carbocycles. The van der Waals surface area contributed by atoms with Crippen molar-refractivity contribution in [2.24, 2.45) is 0 Å². The van der Waals surface area contributed by atoms with Crippen molar-refractivity contribution in [1.29, 1.82) is 5.26 Å². The van der Waals surface area contributed by atoms with Gasteiger partial charge in [0.25, 0.3) is 0 Å². The van der Waals surface area contributed by atoms with Crippen LogP contribution in [0.4, 0.5) is 17.3 Å². The van der Waals surface area contributed by atoms with Gasteiger partial charge < -0.3 is 11.1 Å². The largest absolute Gasteiger partial charge is 0.399 e. The minimum atomic E-state index is 0.519. The smallest absolute Gasteiger partial charge is 0.227 e. The molecule has 5 nitrogen and oxygen atoms in total. The molecule has 1 aliphatic rings. The third-order valence-electron chi connectivity index (χ3n) is 3.40. The number of nitrogens with zero attached hydrogens (tertiary/aromatic N) is 3. The van der Waals surface area contributed by atoms with Crippen molar-refractivity contribution in [3.05, 3.63) is 41.2 Å². The van der Waals surface area contributed by atoms with Gasteiger partial charge in [-0.1, -0.05) is 0 Å². The predicted octanol–water partition coefficient (Wildman–Crippen LogP) is 2.55. The minimum Gasteiger partial charge on any atom is -0.399 e. The number of nitriles is 1. The summed E-state index contributed by atoms with van der Waals surface area (Å²) in [5, 5.41) is 12.1. The third kappa shape index (κ3) is 2.54. The van der Waals surface area contributed by atoms with Gasteiger partial charge in [-0.25, -0.2) is 9.97 Å². The molecule has 0 bridgehead atoms. The van der Waals surface area contributed by atoms with Gasteiger partial charge in [-0.3, -0.25) is 0 Å². The standard InChI is InChI=1S/C15H15N5/c16-8-10-5-12(17)7-13(6-10)19-15-18-9-11-3-1-2-4-14(11)20-15/h5-7,9H,1-4,17H2,(H,18,19,20). The second kappa shape index (κ2) is 5.17. The van der Waals surface area contributed by atoms with E-state index in [-0.39, 0.29) is 0 Å². The highest BCUT2D eigenvalue weighted by atomic mass is 15.1. The van der Waals surface area contributed by atoms with Crippen LogP contribution in [0.1, 0.15) is 29.7 Å². The number of rotatable bonds is 2. The van der Waals surface area contributed by atoms with Crippen molar-refractivity contribution in [2.45, 2.75) is 25.7 Å². The lowest BCUT2D eigenvalue weighted by atomic mass is 9.98. The van der Waals surface area contributed by atoms with Crippen molar-refractivity contribution >= 4 is 17.3 Å². The molecule has 1 aromatic carbocycles. The van der Waals surface area contributed by atoms with E-state index in [9.17, 15) is 0 Å². The lowest BCUT2D eigenvalue weighted by Crippen LogP contribution is -2.08. The van der Waals surface area contributed by atoms with E-state index >= 15 is 0 Å². The predicted molar refractivity (Wildman–Crippen MR) is 77.5 cm³/mol. The maximum absolute atomic E-state index is 8.95. The number of aryl methyl sites for hydroxylation is 2. The Hall–Kier alpha value is -2.61. The number of nitrogens with one attached hydrogen (secondary N) is 1. The first kappa shape index (κ1) is 12.4. The number of anilines is 3. The zero-order valence-corrected chi connectivity index (χ0v) is 11.1. The Balaban J connectivity index is 1.88. The van der Waals surface area contributed by atoms with E-state index in [0.717, 1.165) is 24.2 Å². The number of nitrogens with two attached hydrogens (primary N) is 1. The zero-order chi connectivity index (χ0) is 13.9. The van der Waals surface area contributed by atoms with E-state index in [1.807, 2.05) is 6.20 Å². The van der Waals surface area contributed by atoms with Gasteiger partial charge in [-0.05, 0) is 49.4 Å². The second-order valence-electron chi connectivity index (χ2n) is 4.95. The number of hydrogen-bond acceptors (Lipinski definition) is 5.